The minimum Gasteiger partial charge on any atom is -0.872 e. The van der Waals surface area contributed by atoms with Crippen LogP contribution in [0.15, 0.2) is 48.5 Å². The fourth-order valence-corrected chi connectivity index (χ4v) is 1.38. The topological polar surface area (TPSA) is 63.2 Å². The number of carbonyl (C=O) groups excluding carboxylic acids is 1. The summed E-state index contributed by atoms with van der Waals surface area (Å²) in [4.78, 5) is 11.9. The zero-order valence-electron chi connectivity index (χ0n) is 10.3. The molecular weight excluding hydrogens is 282 g/mol. The number of carbonyl (C=O) groups is 1. The Morgan fingerprint density at radius 1 is 0.667 bits per heavy atom. The third-order valence-electron chi connectivity index (χ3n) is 2.23. The molecule has 0 amide bonds. The Bertz CT molecular complexity index is 459. The maximum atomic E-state index is 11.9. The third-order valence-corrected chi connectivity index (χ3v) is 2.23. The van der Waals surface area contributed by atoms with E-state index in [2.05, 4.69) is 0 Å². The van der Waals surface area contributed by atoms with Crippen molar-refractivity contribution in [2.45, 2.75) is 0 Å². The average molecular weight is 290 g/mol. The zero-order chi connectivity index (χ0) is 11.5. The van der Waals surface area contributed by atoms with Crippen molar-refractivity contribution in [1.29, 1.82) is 0 Å². The van der Waals surface area contributed by atoms with Gasteiger partial charge in [0.2, 0.25) is 0 Å². The standard InChI is InChI=1S/C13H10O3.2K/c14-11-5-1-9(2-6-11)13(16)10-3-7-12(15)8-4-10;;/h1-8,14-15H;;/q;2*+1/p-2. The van der Waals surface area contributed by atoms with Gasteiger partial charge < -0.3 is 10.2 Å². The normalized spacial score (nSPS) is 8.89. The van der Waals surface area contributed by atoms with Gasteiger partial charge >= 0.3 is 103 Å². The Morgan fingerprint density at radius 3 is 1.22 bits per heavy atom. The Labute approximate surface area is 190 Å². The van der Waals surface area contributed by atoms with Crippen molar-refractivity contribution in [1.82, 2.24) is 0 Å². The van der Waals surface area contributed by atoms with E-state index >= 15 is 0 Å². The van der Waals surface area contributed by atoms with E-state index in [4.69, 9.17) is 0 Å². The summed E-state index contributed by atoms with van der Waals surface area (Å²) in [6, 6.07) is 11.3. The third kappa shape index (κ3) is 5.16. The first-order chi connectivity index (χ1) is 7.66. The summed E-state index contributed by atoms with van der Waals surface area (Å²) in [5, 5.41) is 21.7. The smallest absolute Gasteiger partial charge is 0.872 e. The maximum absolute atomic E-state index is 11.9. The monoisotopic (exact) mass is 290 g/mol. The van der Waals surface area contributed by atoms with Gasteiger partial charge in [-0.2, -0.15) is 0 Å². The summed E-state index contributed by atoms with van der Waals surface area (Å²) >= 11 is 0. The SMILES string of the molecule is O=C(c1ccc([O-])cc1)c1ccc([O-])cc1.[K+].[K+]. The largest absolute Gasteiger partial charge is 1.00 e. The second-order valence-electron chi connectivity index (χ2n) is 3.38. The van der Waals surface area contributed by atoms with E-state index in [0.717, 1.165) is 0 Å². The van der Waals surface area contributed by atoms with Gasteiger partial charge in [0, 0.05) is 11.1 Å². The molecule has 0 radical (unpaired) electrons. The molecule has 0 aliphatic heterocycles. The molecule has 0 bridgehead atoms. The van der Waals surface area contributed by atoms with Gasteiger partial charge in [0.25, 0.3) is 0 Å². The number of ketones is 1. The van der Waals surface area contributed by atoms with E-state index < -0.39 is 0 Å². The van der Waals surface area contributed by atoms with Gasteiger partial charge in [-0.15, -0.1) is 11.5 Å². The van der Waals surface area contributed by atoms with Crippen molar-refractivity contribution >= 4 is 5.78 Å². The molecule has 80 valence electrons. The molecule has 0 atom stereocenters. The predicted octanol–water partition coefficient (Wildman–Crippen LogP) is -4.93. The van der Waals surface area contributed by atoms with Gasteiger partial charge in [0.15, 0.2) is 5.78 Å². The van der Waals surface area contributed by atoms with Crippen LogP contribution in [0.4, 0.5) is 0 Å². The molecule has 0 heterocycles. The Balaban J connectivity index is 0.00000144. The first-order valence-electron chi connectivity index (χ1n) is 4.76. The van der Waals surface area contributed by atoms with Crippen molar-refractivity contribution < 1.29 is 118 Å². The average Bonchev–Trinajstić information content (AvgIpc) is 2.30. The first kappa shape index (κ1) is 19.0. The van der Waals surface area contributed by atoms with Gasteiger partial charge in [-0.05, 0) is 0 Å². The molecule has 5 heteroatoms. The van der Waals surface area contributed by atoms with E-state index in [-0.39, 0.29) is 120 Å². The maximum Gasteiger partial charge on any atom is 1.00 e. The zero-order valence-corrected chi connectivity index (χ0v) is 16.6. The summed E-state index contributed by atoms with van der Waals surface area (Å²) in [5.74, 6) is -0.460. The van der Waals surface area contributed by atoms with Crippen LogP contribution in [0.3, 0.4) is 0 Å². The van der Waals surface area contributed by atoms with E-state index in [1.165, 1.54) is 48.5 Å². The molecule has 0 aliphatic rings. The molecule has 0 spiro atoms. The molecule has 0 aromatic heterocycles. The molecule has 3 nitrogen and oxygen atoms in total. The van der Waals surface area contributed by atoms with Crippen LogP contribution in [-0.4, -0.2) is 5.78 Å². The van der Waals surface area contributed by atoms with E-state index in [9.17, 15) is 15.0 Å². The quantitative estimate of drug-likeness (QED) is 0.411. The Hall–Kier alpha value is 0.983. The van der Waals surface area contributed by atoms with Crippen LogP contribution in [0.5, 0.6) is 11.5 Å². The van der Waals surface area contributed by atoms with Crippen molar-refractivity contribution in [3.05, 3.63) is 59.7 Å². The molecule has 0 saturated carbocycles. The number of hydrogen-bond acceptors (Lipinski definition) is 3. The van der Waals surface area contributed by atoms with Crippen molar-refractivity contribution in [2.75, 3.05) is 0 Å². The second-order valence-corrected chi connectivity index (χ2v) is 3.38. The molecule has 0 aliphatic carbocycles. The van der Waals surface area contributed by atoms with Crippen LogP contribution in [0.25, 0.3) is 0 Å². The van der Waals surface area contributed by atoms with Gasteiger partial charge in [0.05, 0.1) is 0 Å². The number of benzene rings is 2. The minimum atomic E-state index is -0.194. The van der Waals surface area contributed by atoms with Gasteiger partial charge in [-0.25, -0.2) is 0 Å². The molecule has 0 fully saturated rings. The van der Waals surface area contributed by atoms with Crippen molar-refractivity contribution in [3.63, 3.8) is 0 Å². The molecule has 0 N–H and O–H groups in total. The van der Waals surface area contributed by atoms with E-state index in [1.54, 1.807) is 0 Å². The van der Waals surface area contributed by atoms with Crippen LogP contribution < -0.4 is 113 Å². The van der Waals surface area contributed by atoms with Gasteiger partial charge in [-0.3, -0.25) is 4.79 Å². The van der Waals surface area contributed by atoms with E-state index in [0.29, 0.717) is 11.1 Å². The summed E-state index contributed by atoms with van der Waals surface area (Å²) < 4.78 is 0. The van der Waals surface area contributed by atoms with Crippen LogP contribution in [0.1, 0.15) is 15.9 Å². The minimum absolute atomic E-state index is 0. The summed E-state index contributed by atoms with van der Waals surface area (Å²) in [6.07, 6.45) is 0. The van der Waals surface area contributed by atoms with E-state index in [1.807, 2.05) is 0 Å². The molecule has 0 unspecified atom stereocenters. The molecule has 2 aromatic rings. The van der Waals surface area contributed by atoms with Crippen molar-refractivity contribution in [3.8, 4) is 11.5 Å². The predicted molar refractivity (Wildman–Crippen MR) is 55.2 cm³/mol. The summed E-state index contributed by atoms with van der Waals surface area (Å²) in [7, 11) is 0. The van der Waals surface area contributed by atoms with Crippen molar-refractivity contribution in [2.24, 2.45) is 0 Å². The second kappa shape index (κ2) is 9.02. The fraction of sp³-hybridized carbons (Fsp3) is 0. The Morgan fingerprint density at radius 2 is 0.944 bits per heavy atom. The molecule has 18 heavy (non-hydrogen) atoms. The van der Waals surface area contributed by atoms with Gasteiger partial charge in [0.1, 0.15) is 0 Å². The van der Waals surface area contributed by atoms with Crippen LogP contribution in [0.2, 0.25) is 0 Å². The summed E-state index contributed by atoms with van der Waals surface area (Å²) in [5.41, 5.74) is 0.886. The molecule has 0 saturated heterocycles. The molecular formula is C13H8K2O3. The first-order valence-corrected chi connectivity index (χ1v) is 4.76. The fourth-order valence-electron chi connectivity index (χ4n) is 1.38. The molecule has 2 rings (SSSR count). The van der Waals surface area contributed by atoms with Crippen LogP contribution in [-0.2, 0) is 0 Å². The van der Waals surface area contributed by atoms with Gasteiger partial charge in [-0.1, -0.05) is 48.5 Å². The number of hydrogen-bond donors (Lipinski definition) is 0. The van der Waals surface area contributed by atoms with Crippen LogP contribution >= 0.6 is 0 Å². The Kier molecular flexibility index (Phi) is 9.51. The molecule has 2 aromatic carbocycles. The van der Waals surface area contributed by atoms with Crippen LogP contribution in [0, 0.1) is 0 Å². The summed E-state index contributed by atoms with van der Waals surface area (Å²) in [6.45, 7) is 0. The number of rotatable bonds is 2.